The van der Waals surface area contributed by atoms with Gasteiger partial charge in [0.15, 0.2) is 11.6 Å². The summed E-state index contributed by atoms with van der Waals surface area (Å²) >= 11 is 0. The molecule has 1 aliphatic carbocycles. The molecule has 1 heterocycles. The summed E-state index contributed by atoms with van der Waals surface area (Å²) in [6, 6.07) is 4.78. The quantitative estimate of drug-likeness (QED) is 0.921. The van der Waals surface area contributed by atoms with Gasteiger partial charge in [-0.05, 0) is 49.4 Å². The number of likely N-dealkylation sites (tertiary alicyclic amines) is 1. The Bertz CT molecular complexity index is 478. The van der Waals surface area contributed by atoms with E-state index in [4.69, 9.17) is 5.73 Å². The first-order valence-corrected chi connectivity index (χ1v) is 7.61. The summed E-state index contributed by atoms with van der Waals surface area (Å²) in [5.74, 6) is -0.801. The van der Waals surface area contributed by atoms with Crippen molar-refractivity contribution in [1.29, 1.82) is 0 Å². The van der Waals surface area contributed by atoms with Crippen LogP contribution < -0.4 is 5.73 Å². The number of halogens is 2. The molecule has 1 saturated carbocycles. The summed E-state index contributed by atoms with van der Waals surface area (Å²) in [6.45, 7) is 1.48. The third-order valence-electron chi connectivity index (χ3n) is 5.01. The molecule has 0 spiro atoms. The molecular weight excluding hydrogens is 258 g/mol. The van der Waals surface area contributed by atoms with Crippen LogP contribution in [0.3, 0.4) is 0 Å². The molecule has 2 N–H and O–H groups in total. The van der Waals surface area contributed by atoms with E-state index in [1.54, 1.807) is 6.07 Å². The minimum atomic E-state index is -0.790. The number of nitrogens with two attached hydrogens (primary N) is 1. The van der Waals surface area contributed by atoms with Crippen LogP contribution in [-0.2, 0) is 0 Å². The van der Waals surface area contributed by atoms with Gasteiger partial charge in [0.1, 0.15) is 0 Å². The summed E-state index contributed by atoms with van der Waals surface area (Å²) in [7, 11) is 0. The highest BCUT2D eigenvalue weighted by atomic mass is 19.2. The molecule has 0 aromatic heterocycles. The molecule has 1 aliphatic heterocycles. The molecule has 0 bridgehead atoms. The smallest absolute Gasteiger partial charge is 0.159 e. The van der Waals surface area contributed by atoms with Gasteiger partial charge >= 0.3 is 0 Å². The normalized spacial score (nSPS) is 28.4. The van der Waals surface area contributed by atoms with Crippen LogP contribution in [0.4, 0.5) is 8.78 Å². The Morgan fingerprint density at radius 1 is 1.15 bits per heavy atom. The van der Waals surface area contributed by atoms with Crippen molar-refractivity contribution in [3.63, 3.8) is 0 Å². The van der Waals surface area contributed by atoms with Crippen LogP contribution in [0.1, 0.15) is 43.7 Å². The van der Waals surface area contributed by atoms with Gasteiger partial charge in [0.2, 0.25) is 0 Å². The Kier molecular flexibility index (Phi) is 4.03. The fourth-order valence-corrected chi connectivity index (χ4v) is 4.01. The van der Waals surface area contributed by atoms with Gasteiger partial charge in [0.25, 0.3) is 0 Å². The van der Waals surface area contributed by atoms with E-state index in [1.165, 1.54) is 44.2 Å². The molecule has 3 atom stereocenters. The second kappa shape index (κ2) is 5.78. The zero-order chi connectivity index (χ0) is 14.1. The van der Waals surface area contributed by atoms with E-state index in [0.717, 1.165) is 18.0 Å². The Labute approximate surface area is 118 Å². The summed E-state index contributed by atoms with van der Waals surface area (Å²) in [6.07, 6.45) is 6.33. The predicted molar refractivity (Wildman–Crippen MR) is 75.2 cm³/mol. The van der Waals surface area contributed by atoms with Crippen molar-refractivity contribution < 1.29 is 8.78 Å². The number of hydrogen-bond acceptors (Lipinski definition) is 2. The molecule has 1 aromatic carbocycles. The molecule has 1 saturated heterocycles. The molecule has 4 heteroatoms. The fraction of sp³-hybridized carbons (Fsp3) is 0.625. The van der Waals surface area contributed by atoms with E-state index in [-0.39, 0.29) is 6.04 Å². The molecule has 2 fully saturated rings. The van der Waals surface area contributed by atoms with E-state index in [0.29, 0.717) is 12.6 Å². The summed E-state index contributed by atoms with van der Waals surface area (Å²) in [5.41, 5.74) is 6.74. The highest BCUT2D eigenvalue weighted by Gasteiger charge is 2.39. The first-order valence-electron chi connectivity index (χ1n) is 7.61. The largest absolute Gasteiger partial charge is 0.329 e. The monoisotopic (exact) mass is 280 g/mol. The van der Waals surface area contributed by atoms with Crippen LogP contribution in [0.15, 0.2) is 18.2 Å². The van der Waals surface area contributed by atoms with E-state index in [1.807, 2.05) is 0 Å². The molecule has 0 amide bonds. The minimum Gasteiger partial charge on any atom is -0.329 e. The van der Waals surface area contributed by atoms with E-state index in [9.17, 15) is 8.78 Å². The first-order chi connectivity index (χ1) is 9.70. The van der Waals surface area contributed by atoms with Crippen molar-refractivity contribution in [2.45, 2.75) is 44.2 Å². The number of benzene rings is 1. The van der Waals surface area contributed by atoms with Gasteiger partial charge in [0.05, 0.1) is 0 Å². The lowest BCUT2D eigenvalue weighted by Gasteiger charge is -2.37. The minimum absolute atomic E-state index is 0.0122. The second-order valence-electron chi connectivity index (χ2n) is 6.06. The van der Waals surface area contributed by atoms with Crippen molar-refractivity contribution >= 4 is 0 Å². The zero-order valence-electron chi connectivity index (χ0n) is 11.7. The van der Waals surface area contributed by atoms with Crippen molar-refractivity contribution in [2.75, 3.05) is 13.1 Å². The van der Waals surface area contributed by atoms with Crippen LogP contribution in [0, 0.1) is 17.6 Å². The van der Waals surface area contributed by atoms with Gasteiger partial charge in [-0.3, -0.25) is 4.90 Å². The average Bonchev–Trinajstić information content (AvgIpc) is 2.88. The fourth-order valence-electron chi connectivity index (χ4n) is 4.01. The summed E-state index contributed by atoms with van der Waals surface area (Å²) < 4.78 is 26.6. The van der Waals surface area contributed by atoms with E-state index >= 15 is 0 Å². The lowest BCUT2D eigenvalue weighted by molar-refractivity contribution is 0.135. The van der Waals surface area contributed by atoms with E-state index < -0.39 is 11.6 Å². The Hall–Kier alpha value is -1.00. The molecule has 3 unspecified atom stereocenters. The highest BCUT2D eigenvalue weighted by Crippen LogP contribution is 2.40. The average molecular weight is 280 g/mol. The number of hydrogen-bond donors (Lipinski definition) is 1. The lowest BCUT2D eigenvalue weighted by atomic mass is 9.84. The van der Waals surface area contributed by atoms with Gasteiger partial charge in [-0.2, -0.15) is 0 Å². The van der Waals surface area contributed by atoms with Crippen molar-refractivity contribution in [1.82, 2.24) is 4.90 Å². The van der Waals surface area contributed by atoms with Crippen LogP contribution in [-0.4, -0.2) is 24.0 Å². The third kappa shape index (κ3) is 2.47. The third-order valence-corrected chi connectivity index (χ3v) is 5.01. The maximum absolute atomic E-state index is 13.5. The second-order valence-corrected chi connectivity index (χ2v) is 6.06. The van der Waals surface area contributed by atoms with Gasteiger partial charge in [-0.25, -0.2) is 8.78 Å². The highest BCUT2D eigenvalue weighted by molar-refractivity contribution is 5.22. The molecule has 0 radical (unpaired) electrons. The summed E-state index contributed by atoms with van der Waals surface area (Å²) in [5, 5.41) is 0. The van der Waals surface area contributed by atoms with Crippen LogP contribution >= 0.6 is 0 Å². The van der Waals surface area contributed by atoms with Gasteiger partial charge in [-0.15, -0.1) is 0 Å². The topological polar surface area (TPSA) is 29.3 Å². The maximum atomic E-state index is 13.5. The molecule has 20 heavy (non-hydrogen) atoms. The Balaban J connectivity index is 1.84. The van der Waals surface area contributed by atoms with Crippen LogP contribution in [0.5, 0.6) is 0 Å². The SMILES string of the molecule is NCC(c1ccc(F)c(F)c1)N1CCC2CCCCC21. The Morgan fingerprint density at radius 3 is 2.70 bits per heavy atom. The van der Waals surface area contributed by atoms with Gasteiger partial charge in [0, 0.05) is 18.6 Å². The van der Waals surface area contributed by atoms with Gasteiger partial charge in [-0.1, -0.05) is 18.9 Å². The zero-order valence-corrected chi connectivity index (χ0v) is 11.7. The van der Waals surface area contributed by atoms with Crippen LogP contribution in [0.2, 0.25) is 0 Å². The molecule has 2 nitrogen and oxygen atoms in total. The standard InChI is InChI=1S/C16H22F2N2/c17-13-6-5-12(9-14(13)18)16(10-19)20-8-7-11-3-1-2-4-15(11)20/h5-6,9,11,15-16H,1-4,7-8,10,19H2. The first kappa shape index (κ1) is 14.0. The maximum Gasteiger partial charge on any atom is 0.159 e. The Morgan fingerprint density at radius 2 is 1.95 bits per heavy atom. The van der Waals surface area contributed by atoms with Crippen molar-refractivity contribution in [3.8, 4) is 0 Å². The number of rotatable bonds is 3. The molecular formula is C16H22F2N2. The molecule has 2 aliphatic rings. The predicted octanol–water partition coefficient (Wildman–Crippen LogP) is 3.23. The van der Waals surface area contributed by atoms with Crippen LogP contribution in [0.25, 0.3) is 0 Å². The van der Waals surface area contributed by atoms with Crippen molar-refractivity contribution in [3.05, 3.63) is 35.4 Å². The van der Waals surface area contributed by atoms with E-state index in [2.05, 4.69) is 4.90 Å². The molecule has 1 aromatic rings. The molecule has 3 rings (SSSR count). The molecule has 110 valence electrons. The number of fused-ring (bicyclic) bond motifs is 1. The number of nitrogens with zero attached hydrogens (tertiary/aromatic N) is 1. The van der Waals surface area contributed by atoms with Gasteiger partial charge < -0.3 is 5.73 Å². The summed E-state index contributed by atoms with van der Waals surface area (Å²) in [4.78, 5) is 2.43. The van der Waals surface area contributed by atoms with Crippen molar-refractivity contribution in [2.24, 2.45) is 11.7 Å². The lowest BCUT2D eigenvalue weighted by Crippen LogP contribution is -2.40.